The summed E-state index contributed by atoms with van der Waals surface area (Å²) in [7, 11) is 0. The molecule has 0 radical (unpaired) electrons. The average Bonchev–Trinajstić information content (AvgIpc) is 2.24. The maximum atomic E-state index is 8.78. The Morgan fingerprint density at radius 2 is 2.27 bits per heavy atom. The molecule has 0 spiro atoms. The van der Waals surface area contributed by atoms with Gasteiger partial charge in [-0.1, -0.05) is 17.7 Å². The van der Waals surface area contributed by atoms with E-state index in [2.05, 4.69) is 0 Å². The predicted octanol–water partition coefficient (Wildman–Crippen LogP) is 1.68. The summed E-state index contributed by atoms with van der Waals surface area (Å²) in [5.74, 6) is 0.924. The molecule has 15 heavy (non-hydrogen) atoms. The number of halogens is 1. The quantitative estimate of drug-likeness (QED) is 0.781. The fraction of sp³-hybridized carbons (Fsp3) is 0.455. The van der Waals surface area contributed by atoms with Gasteiger partial charge in [0.05, 0.1) is 6.61 Å². The normalized spacial score (nSPS) is 12.5. The molecule has 1 unspecified atom stereocenters. The van der Waals surface area contributed by atoms with Gasteiger partial charge >= 0.3 is 0 Å². The van der Waals surface area contributed by atoms with Crippen LogP contribution in [0.3, 0.4) is 0 Å². The molecule has 3 N–H and O–H groups in total. The zero-order valence-corrected chi connectivity index (χ0v) is 9.28. The second kappa shape index (κ2) is 6.67. The van der Waals surface area contributed by atoms with E-state index in [1.54, 1.807) is 12.1 Å². The van der Waals surface area contributed by atoms with E-state index in [-0.39, 0.29) is 12.5 Å². The zero-order chi connectivity index (χ0) is 11.1. The minimum Gasteiger partial charge on any atom is -0.493 e. The van der Waals surface area contributed by atoms with Gasteiger partial charge in [0, 0.05) is 17.5 Å². The summed E-state index contributed by atoms with van der Waals surface area (Å²) < 4.78 is 5.52. The van der Waals surface area contributed by atoms with E-state index in [9.17, 15) is 0 Å². The molecule has 4 heteroatoms. The Bertz CT molecular complexity index is 294. The van der Waals surface area contributed by atoms with Crippen molar-refractivity contribution in [1.82, 2.24) is 0 Å². The third-order valence-corrected chi connectivity index (χ3v) is 2.39. The van der Waals surface area contributed by atoms with Crippen molar-refractivity contribution in [3.05, 3.63) is 29.3 Å². The summed E-state index contributed by atoms with van der Waals surface area (Å²) in [5.41, 5.74) is 5.54. The lowest BCUT2D eigenvalue weighted by Gasteiger charge is -2.14. The molecular weight excluding hydrogens is 214 g/mol. The first-order chi connectivity index (χ1) is 7.26. The molecule has 0 aromatic heterocycles. The van der Waals surface area contributed by atoms with Crippen LogP contribution in [-0.2, 0) is 0 Å². The van der Waals surface area contributed by atoms with E-state index < -0.39 is 0 Å². The number of benzene rings is 1. The van der Waals surface area contributed by atoms with Crippen LogP contribution in [0.2, 0.25) is 5.02 Å². The topological polar surface area (TPSA) is 55.5 Å². The van der Waals surface area contributed by atoms with E-state index in [0.717, 1.165) is 5.75 Å². The first-order valence-electron chi connectivity index (χ1n) is 4.95. The Kier molecular flexibility index (Phi) is 5.47. The van der Waals surface area contributed by atoms with Gasteiger partial charge in [-0.3, -0.25) is 0 Å². The van der Waals surface area contributed by atoms with Crippen molar-refractivity contribution >= 4 is 11.6 Å². The van der Waals surface area contributed by atoms with Gasteiger partial charge in [0.15, 0.2) is 0 Å². The van der Waals surface area contributed by atoms with E-state index >= 15 is 0 Å². The van der Waals surface area contributed by atoms with Gasteiger partial charge < -0.3 is 15.6 Å². The number of nitrogens with two attached hydrogens (primary N) is 1. The van der Waals surface area contributed by atoms with Crippen molar-refractivity contribution in [2.45, 2.75) is 6.42 Å². The van der Waals surface area contributed by atoms with Crippen LogP contribution < -0.4 is 10.5 Å². The SMILES string of the molecule is NCC(CCO)COc1cccc(Cl)c1. The molecule has 0 aliphatic rings. The number of hydrogen-bond acceptors (Lipinski definition) is 3. The van der Waals surface area contributed by atoms with Crippen LogP contribution in [0, 0.1) is 5.92 Å². The molecule has 1 atom stereocenters. The molecule has 1 rings (SSSR count). The van der Waals surface area contributed by atoms with Gasteiger partial charge in [-0.2, -0.15) is 0 Å². The summed E-state index contributed by atoms with van der Waals surface area (Å²) in [4.78, 5) is 0. The molecule has 0 aliphatic carbocycles. The van der Waals surface area contributed by atoms with Crippen molar-refractivity contribution in [2.75, 3.05) is 19.8 Å². The molecule has 1 aromatic carbocycles. The molecule has 0 saturated carbocycles. The molecule has 1 aromatic rings. The molecule has 3 nitrogen and oxygen atoms in total. The Morgan fingerprint density at radius 1 is 1.47 bits per heavy atom. The predicted molar refractivity (Wildman–Crippen MR) is 61.2 cm³/mol. The van der Waals surface area contributed by atoms with Crippen molar-refractivity contribution in [1.29, 1.82) is 0 Å². The molecule has 0 fully saturated rings. The van der Waals surface area contributed by atoms with Crippen molar-refractivity contribution in [3.63, 3.8) is 0 Å². The Labute approximate surface area is 94.8 Å². The lowest BCUT2D eigenvalue weighted by Crippen LogP contribution is -2.22. The van der Waals surface area contributed by atoms with Crippen molar-refractivity contribution in [3.8, 4) is 5.75 Å². The highest BCUT2D eigenvalue weighted by Crippen LogP contribution is 2.17. The summed E-state index contributed by atoms with van der Waals surface area (Å²) >= 11 is 5.81. The average molecular weight is 230 g/mol. The lowest BCUT2D eigenvalue weighted by molar-refractivity contribution is 0.201. The maximum absolute atomic E-state index is 8.78. The van der Waals surface area contributed by atoms with Crippen LogP contribution in [0.25, 0.3) is 0 Å². The molecule has 0 bridgehead atoms. The molecular formula is C11H16ClNO2. The summed E-state index contributed by atoms with van der Waals surface area (Å²) in [5, 5.41) is 9.43. The second-order valence-electron chi connectivity index (χ2n) is 3.38. The van der Waals surface area contributed by atoms with Gasteiger partial charge in [-0.25, -0.2) is 0 Å². The highest BCUT2D eigenvalue weighted by molar-refractivity contribution is 6.30. The van der Waals surface area contributed by atoms with Gasteiger partial charge in [0.25, 0.3) is 0 Å². The van der Waals surface area contributed by atoms with Gasteiger partial charge in [0.1, 0.15) is 5.75 Å². The van der Waals surface area contributed by atoms with E-state index in [4.69, 9.17) is 27.2 Å². The van der Waals surface area contributed by atoms with Gasteiger partial charge in [0.2, 0.25) is 0 Å². The first kappa shape index (κ1) is 12.3. The Balaban J connectivity index is 2.41. The first-order valence-corrected chi connectivity index (χ1v) is 5.33. The summed E-state index contributed by atoms with van der Waals surface area (Å²) in [6.45, 7) is 1.17. The Hall–Kier alpha value is -0.770. The van der Waals surface area contributed by atoms with Crippen molar-refractivity contribution in [2.24, 2.45) is 11.7 Å². The minimum absolute atomic E-state index is 0.140. The fourth-order valence-electron chi connectivity index (χ4n) is 1.22. The third-order valence-electron chi connectivity index (χ3n) is 2.15. The maximum Gasteiger partial charge on any atom is 0.120 e. The largest absolute Gasteiger partial charge is 0.493 e. The molecule has 0 amide bonds. The zero-order valence-electron chi connectivity index (χ0n) is 8.53. The monoisotopic (exact) mass is 229 g/mol. The third kappa shape index (κ3) is 4.51. The molecule has 0 heterocycles. The van der Waals surface area contributed by atoms with E-state index in [0.29, 0.717) is 24.6 Å². The van der Waals surface area contributed by atoms with Crippen LogP contribution in [0.5, 0.6) is 5.75 Å². The van der Waals surface area contributed by atoms with Gasteiger partial charge in [-0.05, 0) is 31.2 Å². The minimum atomic E-state index is 0.140. The van der Waals surface area contributed by atoms with Gasteiger partial charge in [-0.15, -0.1) is 0 Å². The second-order valence-corrected chi connectivity index (χ2v) is 3.82. The fourth-order valence-corrected chi connectivity index (χ4v) is 1.40. The molecule has 0 aliphatic heterocycles. The highest BCUT2D eigenvalue weighted by atomic mass is 35.5. The van der Waals surface area contributed by atoms with E-state index in [1.807, 2.05) is 12.1 Å². The molecule has 0 saturated heterocycles. The summed E-state index contributed by atoms with van der Waals surface area (Å²) in [6.07, 6.45) is 0.664. The van der Waals surface area contributed by atoms with Crippen molar-refractivity contribution < 1.29 is 9.84 Å². The van der Waals surface area contributed by atoms with Crippen LogP contribution in [-0.4, -0.2) is 24.9 Å². The van der Waals surface area contributed by atoms with E-state index in [1.165, 1.54) is 0 Å². The molecule has 84 valence electrons. The smallest absolute Gasteiger partial charge is 0.120 e. The number of aliphatic hydroxyl groups is 1. The highest BCUT2D eigenvalue weighted by Gasteiger charge is 2.06. The van der Waals surface area contributed by atoms with Crippen LogP contribution in [0.4, 0.5) is 0 Å². The lowest BCUT2D eigenvalue weighted by atomic mass is 10.1. The van der Waals surface area contributed by atoms with Crippen LogP contribution in [0.15, 0.2) is 24.3 Å². The van der Waals surface area contributed by atoms with Crippen LogP contribution in [0.1, 0.15) is 6.42 Å². The van der Waals surface area contributed by atoms with Crippen LogP contribution >= 0.6 is 11.6 Å². The number of hydrogen-bond donors (Lipinski definition) is 2. The summed E-state index contributed by atoms with van der Waals surface area (Å²) in [6, 6.07) is 7.23. The Morgan fingerprint density at radius 3 is 2.87 bits per heavy atom. The number of rotatable bonds is 6. The number of aliphatic hydroxyl groups excluding tert-OH is 1. The number of ether oxygens (including phenoxy) is 1. The standard InChI is InChI=1S/C11H16ClNO2/c12-10-2-1-3-11(6-10)15-8-9(7-13)4-5-14/h1-3,6,9,14H,4-5,7-8,13H2.